The van der Waals surface area contributed by atoms with Crippen LogP contribution in [-0.2, 0) is 19.0 Å². The van der Waals surface area contributed by atoms with Gasteiger partial charge >= 0.3 is 5.97 Å². The van der Waals surface area contributed by atoms with Gasteiger partial charge in [0, 0.05) is 13.7 Å². The Bertz CT molecular complexity index is 188. The number of nitrogens with one attached hydrogen (secondary N) is 1. The minimum absolute atomic E-state index is 0.213. The Morgan fingerprint density at radius 3 is 2.62 bits per heavy atom. The lowest BCUT2D eigenvalue weighted by Gasteiger charge is -2.15. The topological polar surface area (TPSA) is 77.0 Å². The molecule has 0 rings (SSSR count). The zero-order chi connectivity index (χ0) is 12.4. The summed E-state index contributed by atoms with van der Waals surface area (Å²) in [5.74, 6) is -0.354. The SMILES string of the molecule is COCCOCC(O)CNC(C)C(=O)OC. The van der Waals surface area contributed by atoms with E-state index in [1.807, 2.05) is 0 Å². The van der Waals surface area contributed by atoms with Gasteiger partial charge in [0.25, 0.3) is 0 Å². The Kier molecular flexibility index (Phi) is 9.12. The molecule has 0 aromatic heterocycles. The monoisotopic (exact) mass is 235 g/mol. The fourth-order valence-corrected chi connectivity index (χ4v) is 0.993. The van der Waals surface area contributed by atoms with Crippen LogP contribution in [0.2, 0.25) is 0 Å². The summed E-state index contributed by atoms with van der Waals surface area (Å²) in [7, 11) is 2.91. The van der Waals surface area contributed by atoms with E-state index in [2.05, 4.69) is 10.1 Å². The number of carbonyl (C=O) groups excluding carboxylic acids is 1. The first-order valence-corrected chi connectivity index (χ1v) is 5.17. The number of aliphatic hydroxyl groups is 1. The van der Waals surface area contributed by atoms with Gasteiger partial charge in [0.15, 0.2) is 0 Å². The third kappa shape index (κ3) is 7.58. The second-order valence-electron chi connectivity index (χ2n) is 3.37. The lowest BCUT2D eigenvalue weighted by atomic mass is 10.3. The molecule has 0 heterocycles. The third-order valence-corrected chi connectivity index (χ3v) is 1.96. The molecule has 0 aliphatic heterocycles. The standard InChI is InChI=1S/C10H21NO5/c1-8(10(13)15-3)11-6-9(12)7-16-5-4-14-2/h8-9,11-12H,4-7H2,1-3H3. The van der Waals surface area contributed by atoms with Gasteiger partial charge in [-0.3, -0.25) is 4.79 Å². The van der Waals surface area contributed by atoms with Gasteiger partial charge in [-0.25, -0.2) is 0 Å². The van der Waals surface area contributed by atoms with Gasteiger partial charge < -0.3 is 24.6 Å². The van der Waals surface area contributed by atoms with Crippen LogP contribution in [0.25, 0.3) is 0 Å². The van der Waals surface area contributed by atoms with Crippen LogP contribution >= 0.6 is 0 Å². The van der Waals surface area contributed by atoms with Crippen LogP contribution in [0.15, 0.2) is 0 Å². The second-order valence-corrected chi connectivity index (χ2v) is 3.37. The van der Waals surface area contributed by atoms with Gasteiger partial charge in [0.2, 0.25) is 0 Å². The number of hydrogen-bond acceptors (Lipinski definition) is 6. The van der Waals surface area contributed by atoms with Crippen LogP contribution in [-0.4, -0.2) is 63.8 Å². The van der Waals surface area contributed by atoms with Crippen LogP contribution in [0.4, 0.5) is 0 Å². The van der Waals surface area contributed by atoms with E-state index in [1.165, 1.54) is 7.11 Å². The summed E-state index contributed by atoms with van der Waals surface area (Å²) in [5, 5.41) is 12.3. The molecule has 2 N–H and O–H groups in total. The number of aliphatic hydroxyl groups excluding tert-OH is 1. The highest BCUT2D eigenvalue weighted by Crippen LogP contribution is 1.89. The first-order valence-electron chi connectivity index (χ1n) is 5.17. The molecule has 0 spiro atoms. The van der Waals surface area contributed by atoms with Crippen molar-refractivity contribution >= 4 is 5.97 Å². The summed E-state index contributed by atoms with van der Waals surface area (Å²) in [4.78, 5) is 11.0. The molecular formula is C10H21NO5. The van der Waals surface area contributed by atoms with E-state index < -0.39 is 12.1 Å². The predicted octanol–water partition coefficient (Wildman–Crippen LogP) is -0.839. The first kappa shape index (κ1) is 15.3. The van der Waals surface area contributed by atoms with E-state index in [0.29, 0.717) is 13.2 Å². The van der Waals surface area contributed by atoms with E-state index in [0.717, 1.165) is 0 Å². The molecule has 0 bridgehead atoms. The number of hydrogen-bond donors (Lipinski definition) is 2. The molecule has 0 amide bonds. The van der Waals surface area contributed by atoms with E-state index >= 15 is 0 Å². The van der Waals surface area contributed by atoms with Gasteiger partial charge in [-0.15, -0.1) is 0 Å². The maximum absolute atomic E-state index is 11.0. The van der Waals surface area contributed by atoms with Crippen LogP contribution in [0.5, 0.6) is 0 Å². The van der Waals surface area contributed by atoms with Crippen molar-refractivity contribution in [2.24, 2.45) is 0 Å². The highest BCUT2D eigenvalue weighted by molar-refractivity contribution is 5.75. The molecule has 0 fully saturated rings. The molecule has 0 aliphatic carbocycles. The fraction of sp³-hybridized carbons (Fsp3) is 0.900. The Hall–Kier alpha value is -0.690. The van der Waals surface area contributed by atoms with Crippen molar-refractivity contribution in [1.29, 1.82) is 0 Å². The Morgan fingerprint density at radius 2 is 2.06 bits per heavy atom. The van der Waals surface area contributed by atoms with Crippen molar-refractivity contribution in [3.05, 3.63) is 0 Å². The van der Waals surface area contributed by atoms with Crippen LogP contribution in [0.1, 0.15) is 6.92 Å². The largest absolute Gasteiger partial charge is 0.468 e. The van der Waals surface area contributed by atoms with E-state index in [-0.39, 0.29) is 19.1 Å². The first-order chi connectivity index (χ1) is 7.61. The number of carbonyl (C=O) groups is 1. The minimum Gasteiger partial charge on any atom is -0.468 e. The van der Waals surface area contributed by atoms with Gasteiger partial charge in [-0.1, -0.05) is 0 Å². The molecule has 0 aromatic rings. The average molecular weight is 235 g/mol. The Labute approximate surface area is 95.9 Å². The van der Waals surface area contributed by atoms with Crippen molar-refractivity contribution < 1.29 is 24.1 Å². The maximum atomic E-state index is 11.0. The van der Waals surface area contributed by atoms with Gasteiger partial charge in [0.1, 0.15) is 6.04 Å². The van der Waals surface area contributed by atoms with Crippen molar-refractivity contribution in [2.45, 2.75) is 19.1 Å². The zero-order valence-electron chi connectivity index (χ0n) is 10.1. The predicted molar refractivity (Wildman–Crippen MR) is 58.2 cm³/mol. The number of rotatable bonds is 9. The molecule has 16 heavy (non-hydrogen) atoms. The molecular weight excluding hydrogens is 214 g/mol. The second kappa shape index (κ2) is 9.53. The Morgan fingerprint density at radius 1 is 1.38 bits per heavy atom. The third-order valence-electron chi connectivity index (χ3n) is 1.96. The molecule has 0 saturated carbocycles. The van der Waals surface area contributed by atoms with E-state index in [4.69, 9.17) is 9.47 Å². The fourth-order valence-electron chi connectivity index (χ4n) is 0.993. The van der Waals surface area contributed by atoms with Gasteiger partial charge in [-0.2, -0.15) is 0 Å². The van der Waals surface area contributed by atoms with Crippen LogP contribution in [0.3, 0.4) is 0 Å². The molecule has 6 nitrogen and oxygen atoms in total. The molecule has 2 atom stereocenters. The van der Waals surface area contributed by atoms with Crippen molar-refractivity contribution in [3.8, 4) is 0 Å². The minimum atomic E-state index is -0.649. The molecule has 0 saturated heterocycles. The Balaban J connectivity index is 3.49. The summed E-state index contributed by atoms with van der Waals surface area (Å²) in [6.07, 6.45) is -0.649. The van der Waals surface area contributed by atoms with E-state index in [9.17, 15) is 9.90 Å². The van der Waals surface area contributed by atoms with Crippen LogP contribution in [0, 0.1) is 0 Å². The van der Waals surface area contributed by atoms with E-state index in [1.54, 1.807) is 14.0 Å². The summed E-state index contributed by atoms with van der Waals surface area (Å²) in [5.41, 5.74) is 0. The molecule has 2 unspecified atom stereocenters. The lowest BCUT2D eigenvalue weighted by Crippen LogP contribution is -2.40. The summed E-state index contributed by atoms with van der Waals surface area (Å²) in [6, 6.07) is -0.432. The normalized spacial score (nSPS) is 14.5. The van der Waals surface area contributed by atoms with Gasteiger partial charge in [-0.05, 0) is 6.92 Å². The molecule has 6 heteroatoms. The zero-order valence-corrected chi connectivity index (χ0v) is 10.1. The summed E-state index contributed by atoms with van der Waals surface area (Å²) >= 11 is 0. The average Bonchev–Trinajstić information content (AvgIpc) is 2.30. The molecule has 0 aliphatic rings. The molecule has 96 valence electrons. The lowest BCUT2D eigenvalue weighted by molar-refractivity contribution is -0.142. The number of methoxy groups -OCH3 is 2. The number of esters is 1. The number of ether oxygens (including phenoxy) is 3. The highest BCUT2D eigenvalue weighted by atomic mass is 16.5. The van der Waals surface area contributed by atoms with Gasteiger partial charge in [0.05, 0.1) is 33.0 Å². The van der Waals surface area contributed by atoms with Crippen molar-refractivity contribution in [2.75, 3.05) is 40.6 Å². The van der Waals surface area contributed by atoms with Crippen LogP contribution < -0.4 is 5.32 Å². The smallest absolute Gasteiger partial charge is 0.322 e. The van der Waals surface area contributed by atoms with Crippen molar-refractivity contribution in [3.63, 3.8) is 0 Å². The van der Waals surface area contributed by atoms with Crippen molar-refractivity contribution in [1.82, 2.24) is 5.32 Å². The molecule has 0 radical (unpaired) electrons. The maximum Gasteiger partial charge on any atom is 0.322 e. The summed E-state index contributed by atoms with van der Waals surface area (Å²) < 4.78 is 14.4. The quantitative estimate of drug-likeness (QED) is 0.401. The molecule has 0 aromatic carbocycles. The highest BCUT2D eigenvalue weighted by Gasteiger charge is 2.13. The summed E-state index contributed by atoms with van der Waals surface area (Å²) in [6.45, 7) is 3.11.